The molecule has 2 aromatic carbocycles. The summed E-state index contributed by atoms with van der Waals surface area (Å²) in [4.78, 5) is 2.58. The second-order valence-electron chi connectivity index (χ2n) is 6.93. The molecule has 0 spiro atoms. The van der Waals surface area contributed by atoms with Gasteiger partial charge in [0, 0.05) is 40.0 Å². The number of nitrogens with zero attached hydrogens (tertiary/aromatic N) is 1. The van der Waals surface area contributed by atoms with Crippen LogP contribution in [0, 0.1) is 0 Å². The van der Waals surface area contributed by atoms with E-state index >= 15 is 0 Å². The Morgan fingerprint density at radius 2 is 1.58 bits per heavy atom. The summed E-state index contributed by atoms with van der Waals surface area (Å²) in [5.74, 6) is 0. The van der Waals surface area contributed by atoms with E-state index in [1.54, 1.807) is 5.57 Å². The molecule has 26 heavy (non-hydrogen) atoms. The molecule has 0 radical (unpaired) electrons. The molecule has 0 N–H and O–H groups in total. The van der Waals surface area contributed by atoms with Gasteiger partial charge in [-0.1, -0.05) is 68.2 Å². The van der Waals surface area contributed by atoms with E-state index in [2.05, 4.69) is 43.9 Å². The number of hydrogen-bond donors (Lipinski definition) is 0. The molecule has 0 heterocycles. The van der Waals surface area contributed by atoms with Gasteiger partial charge in [-0.15, -0.1) is 0 Å². The first-order valence-corrected chi connectivity index (χ1v) is 10.4. The summed E-state index contributed by atoms with van der Waals surface area (Å²) in [6.45, 7) is 9.01. The molecule has 1 aliphatic rings. The van der Waals surface area contributed by atoms with E-state index in [0.29, 0.717) is 5.02 Å². The average Bonchev–Trinajstić information content (AvgIpc) is 3.00. The Hall–Kier alpha value is -1.44. The third-order valence-electron chi connectivity index (χ3n) is 5.11. The van der Waals surface area contributed by atoms with E-state index in [1.165, 1.54) is 35.2 Å². The molecule has 3 rings (SSSR count). The van der Waals surface area contributed by atoms with E-state index in [1.807, 2.05) is 18.2 Å². The molecular formula is C23H27Cl2N. The van der Waals surface area contributed by atoms with Crippen molar-refractivity contribution < 1.29 is 0 Å². The van der Waals surface area contributed by atoms with Gasteiger partial charge in [-0.25, -0.2) is 0 Å². The quantitative estimate of drug-likeness (QED) is 0.476. The van der Waals surface area contributed by atoms with Crippen molar-refractivity contribution in [3.63, 3.8) is 0 Å². The van der Waals surface area contributed by atoms with Crippen LogP contribution in [0.3, 0.4) is 0 Å². The van der Waals surface area contributed by atoms with Crippen molar-refractivity contribution in [2.45, 2.75) is 46.5 Å². The van der Waals surface area contributed by atoms with Crippen molar-refractivity contribution >= 4 is 28.9 Å². The summed E-state index contributed by atoms with van der Waals surface area (Å²) in [6.07, 6.45) is 4.43. The maximum Gasteiger partial charge on any atom is 0.0499 e. The van der Waals surface area contributed by atoms with E-state index in [0.717, 1.165) is 36.5 Å². The molecule has 0 amide bonds. The molecule has 0 saturated heterocycles. The summed E-state index contributed by atoms with van der Waals surface area (Å²) in [7, 11) is 0. The van der Waals surface area contributed by atoms with E-state index in [-0.39, 0.29) is 0 Å². The highest BCUT2D eigenvalue weighted by Gasteiger charge is 2.27. The molecule has 0 fully saturated rings. The molecule has 0 bridgehead atoms. The number of fused-ring (bicyclic) bond motifs is 1. The minimum Gasteiger partial charge on any atom is -0.371 e. The first-order valence-electron chi connectivity index (χ1n) is 9.65. The Morgan fingerprint density at radius 1 is 0.885 bits per heavy atom. The third-order valence-corrected chi connectivity index (χ3v) is 5.66. The minimum absolute atomic E-state index is 0.677. The van der Waals surface area contributed by atoms with Crippen LogP contribution in [0.5, 0.6) is 0 Å². The van der Waals surface area contributed by atoms with Crippen LogP contribution < -0.4 is 0 Å². The van der Waals surface area contributed by atoms with Crippen molar-refractivity contribution in [2.75, 3.05) is 13.1 Å². The average molecular weight is 388 g/mol. The van der Waals surface area contributed by atoms with Gasteiger partial charge in [-0.3, -0.25) is 0 Å². The number of halogens is 2. The second kappa shape index (κ2) is 8.50. The van der Waals surface area contributed by atoms with Gasteiger partial charge in [-0.05, 0) is 54.5 Å². The van der Waals surface area contributed by atoms with Crippen molar-refractivity contribution in [2.24, 2.45) is 0 Å². The Morgan fingerprint density at radius 3 is 2.19 bits per heavy atom. The summed E-state index contributed by atoms with van der Waals surface area (Å²) in [5.41, 5.74) is 8.09. The van der Waals surface area contributed by atoms with E-state index in [4.69, 9.17) is 23.2 Å². The lowest BCUT2D eigenvalue weighted by Crippen LogP contribution is -2.24. The van der Waals surface area contributed by atoms with Gasteiger partial charge in [-0.2, -0.15) is 0 Å². The summed E-state index contributed by atoms with van der Waals surface area (Å²) in [5, 5.41) is 1.40. The molecule has 0 saturated carbocycles. The molecule has 0 aliphatic heterocycles. The van der Waals surface area contributed by atoms with E-state index < -0.39 is 0 Å². The first-order chi connectivity index (χ1) is 12.6. The topological polar surface area (TPSA) is 3.24 Å². The van der Waals surface area contributed by atoms with Crippen LogP contribution >= 0.6 is 23.2 Å². The maximum atomic E-state index is 6.53. The van der Waals surface area contributed by atoms with Crippen LogP contribution in [0.2, 0.25) is 10.0 Å². The molecule has 3 heteroatoms. The highest BCUT2D eigenvalue weighted by molar-refractivity contribution is 6.36. The maximum absolute atomic E-state index is 6.53. The predicted octanol–water partition coefficient (Wildman–Crippen LogP) is 7.46. The van der Waals surface area contributed by atoms with Gasteiger partial charge < -0.3 is 4.90 Å². The van der Waals surface area contributed by atoms with Gasteiger partial charge in [0.15, 0.2) is 0 Å². The van der Waals surface area contributed by atoms with Crippen LogP contribution in [0.1, 0.15) is 51.2 Å². The van der Waals surface area contributed by atoms with E-state index in [9.17, 15) is 0 Å². The second-order valence-corrected chi connectivity index (χ2v) is 7.77. The zero-order chi connectivity index (χ0) is 18.7. The molecule has 0 unspecified atom stereocenters. The van der Waals surface area contributed by atoms with Crippen molar-refractivity contribution in [1.29, 1.82) is 0 Å². The van der Waals surface area contributed by atoms with Crippen LogP contribution in [-0.2, 0) is 6.42 Å². The molecule has 138 valence electrons. The fraction of sp³-hybridized carbons (Fsp3) is 0.391. The Bertz CT molecular complexity index is 817. The predicted molar refractivity (Wildman–Crippen MR) is 115 cm³/mol. The SMILES string of the molecule is CCCN(CCC)C1=C(CC)Cc2c1cccc2-c1ccc(Cl)cc1Cl. The number of rotatable bonds is 7. The Balaban J connectivity index is 2.10. The van der Waals surface area contributed by atoms with Crippen molar-refractivity contribution in [3.8, 4) is 11.1 Å². The number of allylic oxidation sites excluding steroid dienone is 1. The van der Waals surface area contributed by atoms with Gasteiger partial charge in [0.25, 0.3) is 0 Å². The number of benzene rings is 2. The lowest BCUT2D eigenvalue weighted by molar-refractivity contribution is 0.394. The monoisotopic (exact) mass is 387 g/mol. The minimum atomic E-state index is 0.677. The van der Waals surface area contributed by atoms with Crippen LogP contribution in [0.15, 0.2) is 42.0 Å². The summed E-state index contributed by atoms with van der Waals surface area (Å²) in [6, 6.07) is 12.4. The lowest BCUT2D eigenvalue weighted by atomic mass is 9.95. The fourth-order valence-corrected chi connectivity index (χ4v) is 4.52. The molecule has 0 aromatic heterocycles. The van der Waals surface area contributed by atoms with Gasteiger partial charge in [0.1, 0.15) is 0 Å². The lowest BCUT2D eigenvalue weighted by Gasteiger charge is -2.27. The van der Waals surface area contributed by atoms with Gasteiger partial charge in [0.05, 0.1) is 0 Å². The fourth-order valence-electron chi connectivity index (χ4n) is 4.01. The molecular weight excluding hydrogens is 361 g/mol. The Labute approximate surface area is 167 Å². The highest BCUT2D eigenvalue weighted by atomic mass is 35.5. The highest BCUT2D eigenvalue weighted by Crippen LogP contribution is 2.43. The van der Waals surface area contributed by atoms with Crippen LogP contribution in [0.4, 0.5) is 0 Å². The third kappa shape index (κ3) is 3.66. The first kappa shape index (κ1) is 19.3. The summed E-state index contributed by atoms with van der Waals surface area (Å²) >= 11 is 12.6. The van der Waals surface area contributed by atoms with Crippen LogP contribution in [-0.4, -0.2) is 18.0 Å². The largest absolute Gasteiger partial charge is 0.371 e. The molecule has 1 aliphatic carbocycles. The summed E-state index contributed by atoms with van der Waals surface area (Å²) < 4.78 is 0. The zero-order valence-electron chi connectivity index (χ0n) is 15.9. The van der Waals surface area contributed by atoms with Gasteiger partial charge in [0.2, 0.25) is 0 Å². The van der Waals surface area contributed by atoms with Gasteiger partial charge >= 0.3 is 0 Å². The van der Waals surface area contributed by atoms with Crippen molar-refractivity contribution in [3.05, 3.63) is 63.1 Å². The molecule has 2 aromatic rings. The molecule has 1 nitrogen and oxygen atoms in total. The normalized spacial score (nSPS) is 13.3. The number of hydrogen-bond acceptors (Lipinski definition) is 1. The zero-order valence-corrected chi connectivity index (χ0v) is 17.4. The molecule has 0 atom stereocenters. The van der Waals surface area contributed by atoms with Crippen LogP contribution in [0.25, 0.3) is 16.8 Å². The van der Waals surface area contributed by atoms with Crippen molar-refractivity contribution in [1.82, 2.24) is 4.90 Å². The smallest absolute Gasteiger partial charge is 0.0499 e. The Kier molecular flexibility index (Phi) is 6.32. The standard InChI is InChI=1S/C23H27Cl2N/c1-4-12-26(13-5-2)23-16(6-3)14-21-18(8-7-9-20(21)23)19-11-10-17(24)15-22(19)25/h7-11,15H,4-6,12-14H2,1-3H3.